The van der Waals surface area contributed by atoms with E-state index in [4.69, 9.17) is 5.11 Å². The second-order valence-electron chi connectivity index (χ2n) is 3.75. The Labute approximate surface area is 96.1 Å². The fraction of sp³-hybridized carbons (Fsp3) is 0.600. The highest BCUT2D eigenvalue weighted by Crippen LogP contribution is 2.10. The molecule has 0 radical (unpaired) electrons. The number of rotatable bonds is 6. The predicted molar refractivity (Wildman–Crippen MR) is 61.5 cm³/mol. The number of hydrogen-bond acceptors (Lipinski definition) is 3. The van der Waals surface area contributed by atoms with Crippen LogP contribution in [0.1, 0.15) is 19.8 Å². The Morgan fingerprint density at radius 3 is 2.69 bits per heavy atom. The van der Waals surface area contributed by atoms with E-state index >= 15 is 0 Å². The Hall–Kier alpha value is -0.850. The lowest BCUT2D eigenvalue weighted by atomic mass is 10.2. The van der Waals surface area contributed by atoms with Crippen LogP contribution in [0.25, 0.3) is 0 Å². The van der Waals surface area contributed by atoms with E-state index < -0.39 is 10.0 Å². The number of nitrogens with one attached hydrogen (secondary N) is 1. The molecule has 0 aromatic carbocycles. The van der Waals surface area contributed by atoms with E-state index in [-0.39, 0.29) is 17.5 Å². The molecule has 0 amide bonds. The van der Waals surface area contributed by atoms with E-state index in [0.29, 0.717) is 12.8 Å². The van der Waals surface area contributed by atoms with Gasteiger partial charge in [-0.2, -0.15) is 0 Å². The molecule has 16 heavy (non-hydrogen) atoms. The van der Waals surface area contributed by atoms with Crippen molar-refractivity contribution in [1.29, 1.82) is 0 Å². The lowest BCUT2D eigenvalue weighted by Gasteiger charge is -2.14. The number of sulfonamides is 1. The molecular weight excluding hydrogens is 228 g/mol. The summed E-state index contributed by atoms with van der Waals surface area (Å²) >= 11 is 0. The smallest absolute Gasteiger partial charge is 0.242 e. The molecule has 1 atom stereocenters. The van der Waals surface area contributed by atoms with Gasteiger partial charge in [-0.3, -0.25) is 0 Å². The summed E-state index contributed by atoms with van der Waals surface area (Å²) in [5, 5.41) is 8.80. The Balaban J connectivity index is 2.78. The van der Waals surface area contributed by atoms with E-state index in [0.717, 1.165) is 0 Å². The molecule has 0 saturated heterocycles. The average molecular weight is 246 g/mol. The van der Waals surface area contributed by atoms with Crippen molar-refractivity contribution in [2.75, 3.05) is 6.61 Å². The average Bonchev–Trinajstić information content (AvgIpc) is 2.64. The lowest BCUT2D eigenvalue weighted by Crippen LogP contribution is -2.34. The first-order valence-corrected chi connectivity index (χ1v) is 6.73. The van der Waals surface area contributed by atoms with Gasteiger partial charge < -0.3 is 9.67 Å². The molecule has 1 heterocycles. The molecule has 2 N–H and O–H groups in total. The molecule has 1 rings (SSSR count). The summed E-state index contributed by atoms with van der Waals surface area (Å²) in [5.41, 5.74) is 0. The third-order valence-electron chi connectivity index (χ3n) is 2.41. The predicted octanol–water partition coefficient (Wildman–Crippen LogP) is 0.464. The molecule has 0 spiro atoms. The van der Waals surface area contributed by atoms with Crippen LogP contribution < -0.4 is 4.72 Å². The van der Waals surface area contributed by atoms with Crippen molar-refractivity contribution >= 4 is 10.0 Å². The largest absolute Gasteiger partial charge is 0.396 e. The van der Waals surface area contributed by atoms with Crippen LogP contribution in [0, 0.1) is 0 Å². The topological polar surface area (TPSA) is 71.3 Å². The molecule has 6 heteroatoms. The number of aryl methyl sites for hydroxylation is 1. The third-order valence-corrected chi connectivity index (χ3v) is 3.91. The molecule has 1 unspecified atom stereocenters. The number of aromatic nitrogens is 1. The summed E-state index contributed by atoms with van der Waals surface area (Å²) < 4.78 is 28.0. The molecule has 1 aromatic heterocycles. The summed E-state index contributed by atoms with van der Waals surface area (Å²) in [6.45, 7) is 1.86. The van der Waals surface area contributed by atoms with Gasteiger partial charge in [0.1, 0.15) is 0 Å². The Morgan fingerprint density at radius 2 is 2.25 bits per heavy atom. The highest BCUT2D eigenvalue weighted by atomic mass is 32.2. The van der Waals surface area contributed by atoms with Crippen LogP contribution >= 0.6 is 0 Å². The minimum atomic E-state index is -3.45. The van der Waals surface area contributed by atoms with Gasteiger partial charge in [-0.05, 0) is 18.9 Å². The maximum absolute atomic E-state index is 11.9. The summed E-state index contributed by atoms with van der Waals surface area (Å²) in [6.07, 6.45) is 4.32. The van der Waals surface area contributed by atoms with Crippen LogP contribution in [0.3, 0.4) is 0 Å². The zero-order valence-electron chi connectivity index (χ0n) is 9.55. The van der Waals surface area contributed by atoms with Gasteiger partial charge in [-0.25, -0.2) is 13.1 Å². The van der Waals surface area contributed by atoms with Crippen LogP contribution in [0.2, 0.25) is 0 Å². The van der Waals surface area contributed by atoms with E-state index in [2.05, 4.69) is 4.72 Å². The molecule has 0 aliphatic carbocycles. The summed E-state index contributed by atoms with van der Waals surface area (Å²) in [4.78, 5) is 0.256. The maximum atomic E-state index is 11.9. The van der Waals surface area contributed by atoms with Crippen molar-refractivity contribution in [2.24, 2.45) is 7.05 Å². The van der Waals surface area contributed by atoms with E-state index in [1.165, 1.54) is 0 Å². The summed E-state index contributed by atoms with van der Waals surface area (Å²) in [5.74, 6) is 0. The SMILES string of the molecule is CCC(CCO)NS(=O)(=O)c1ccn(C)c1. The van der Waals surface area contributed by atoms with Gasteiger partial charge in [0, 0.05) is 32.1 Å². The maximum Gasteiger partial charge on any atom is 0.242 e. The fourth-order valence-corrected chi connectivity index (χ4v) is 2.83. The summed E-state index contributed by atoms with van der Waals surface area (Å²) in [6, 6.07) is 1.34. The van der Waals surface area contributed by atoms with E-state index in [1.54, 1.807) is 30.1 Å². The Morgan fingerprint density at radius 1 is 1.56 bits per heavy atom. The van der Waals surface area contributed by atoms with E-state index in [1.807, 2.05) is 6.92 Å². The van der Waals surface area contributed by atoms with Crippen molar-refractivity contribution in [3.8, 4) is 0 Å². The van der Waals surface area contributed by atoms with E-state index in [9.17, 15) is 8.42 Å². The normalized spacial score (nSPS) is 13.9. The van der Waals surface area contributed by atoms with Gasteiger partial charge >= 0.3 is 0 Å². The van der Waals surface area contributed by atoms with Gasteiger partial charge in [0.15, 0.2) is 0 Å². The Bertz CT molecular complexity index is 425. The van der Waals surface area contributed by atoms with Crippen LogP contribution in [0.4, 0.5) is 0 Å². The molecule has 92 valence electrons. The zero-order valence-corrected chi connectivity index (χ0v) is 10.4. The van der Waals surface area contributed by atoms with Crippen molar-refractivity contribution in [1.82, 2.24) is 9.29 Å². The molecular formula is C10H18N2O3S. The second-order valence-corrected chi connectivity index (χ2v) is 5.47. The quantitative estimate of drug-likeness (QED) is 0.766. The van der Waals surface area contributed by atoms with Gasteiger partial charge in [0.25, 0.3) is 0 Å². The number of hydrogen-bond donors (Lipinski definition) is 2. The highest BCUT2D eigenvalue weighted by molar-refractivity contribution is 7.89. The standard InChI is InChI=1S/C10H18N2O3S/c1-3-9(5-7-13)11-16(14,15)10-4-6-12(2)8-10/h4,6,8-9,11,13H,3,5,7H2,1-2H3. The van der Waals surface area contributed by atoms with Crippen LogP contribution in [0.5, 0.6) is 0 Å². The first-order chi connectivity index (χ1) is 7.49. The van der Waals surface area contributed by atoms with Gasteiger partial charge in [-0.1, -0.05) is 6.92 Å². The minimum Gasteiger partial charge on any atom is -0.396 e. The molecule has 1 aromatic rings. The van der Waals surface area contributed by atoms with Crippen molar-refractivity contribution < 1.29 is 13.5 Å². The zero-order chi connectivity index (χ0) is 12.2. The Kier molecular flexibility index (Phi) is 4.52. The number of aliphatic hydroxyl groups is 1. The van der Waals surface area contributed by atoms with Crippen molar-refractivity contribution in [3.63, 3.8) is 0 Å². The first-order valence-electron chi connectivity index (χ1n) is 5.24. The van der Waals surface area contributed by atoms with Gasteiger partial charge in [-0.15, -0.1) is 0 Å². The number of aliphatic hydroxyl groups excluding tert-OH is 1. The lowest BCUT2D eigenvalue weighted by molar-refractivity contribution is 0.270. The molecule has 0 fully saturated rings. The van der Waals surface area contributed by atoms with Gasteiger partial charge in [0.2, 0.25) is 10.0 Å². The fourth-order valence-electron chi connectivity index (χ4n) is 1.43. The second kappa shape index (κ2) is 5.47. The van der Waals surface area contributed by atoms with Gasteiger partial charge in [0.05, 0.1) is 4.90 Å². The molecule has 0 saturated carbocycles. The third kappa shape index (κ3) is 3.33. The summed E-state index contributed by atoms with van der Waals surface area (Å²) in [7, 11) is -1.69. The molecule has 0 aliphatic rings. The molecule has 5 nitrogen and oxygen atoms in total. The molecule has 0 bridgehead atoms. The van der Waals surface area contributed by atoms with Crippen LogP contribution in [-0.4, -0.2) is 30.7 Å². The highest BCUT2D eigenvalue weighted by Gasteiger charge is 2.19. The minimum absolute atomic E-state index is 0.0180. The first kappa shape index (κ1) is 13.2. The van der Waals surface area contributed by atoms with Crippen LogP contribution in [0.15, 0.2) is 23.4 Å². The number of nitrogens with zero attached hydrogens (tertiary/aromatic N) is 1. The molecule has 0 aliphatic heterocycles. The monoisotopic (exact) mass is 246 g/mol. The van der Waals surface area contributed by atoms with Crippen molar-refractivity contribution in [2.45, 2.75) is 30.7 Å². The van der Waals surface area contributed by atoms with Crippen LogP contribution in [-0.2, 0) is 17.1 Å². The van der Waals surface area contributed by atoms with Crippen molar-refractivity contribution in [3.05, 3.63) is 18.5 Å².